The Labute approximate surface area is 166 Å². The molecule has 0 aromatic heterocycles. The van der Waals surface area contributed by atoms with Crippen LogP contribution in [-0.4, -0.2) is 39.4 Å². The maximum absolute atomic E-state index is 5.49. The van der Waals surface area contributed by atoms with Crippen molar-refractivity contribution < 1.29 is 4.74 Å². The minimum absolute atomic E-state index is 0.819. The topological polar surface area (TPSA) is 27.7 Å². The molecule has 4 nitrogen and oxygen atoms in total. The molecule has 2 aromatic carbocycles. The van der Waals surface area contributed by atoms with Crippen molar-refractivity contribution in [3.63, 3.8) is 0 Å². The van der Waals surface area contributed by atoms with Gasteiger partial charge in [0.2, 0.25) is 0 Å². The zero-order valence-electron chi connectivity index (χ0n) is 16.3. The van der Waals surface area contributed by atoms with Gasteiger partial charge in [-0.15, -0.1) is 0 Å². The Kier molecular flexibility index (Phi) is 5.79. The van der Waals surface area contributed by atoms with Crippen LogP contribution in [0.25, 0.3) is 0 Å². The molecule has 0 atom stereocenters. The molecule has 1 saturated heterocycles. The minimum Gasteiger partial charge on any atom is -0.378 e. The highest BCUT2D eigenvalue weighted by Gasteiger charge is 2.19. The van der Waals surface area contributed by atoms with Crippen molar-refractivity contribution in [2.45, 2.75) is 36.5 Å². The van der Waals surface area contributed by atoms with Gasteiger partial charge in [0.05, 0.1) is 24.6 Å². The Morgan fingerprint density at radius 2 is 1.63 bits per heavy atom. The third-order valence-electron chi connectivity index (χ3n) is 5.15. The summed E-state index contributed by atoms with van der Waals surface area (Å²) in [4.78, 5) is 7.54. The van der Waals surface area contributed by atoms with Crippen LogP contribution in [0.3, 0.4) is 0 Å². The molecule has 4 rings (SSSR count). The third kappa shape index (κ3) is 4.04. The fraction of sp³-hybridized carbons (Fsp3) is 0.455. The predicted molar refractivity (Wildman–Crippen MR) is 116 cm³/mol. The van der Waals surface area contributed by atoms with Crippen LogP contribution in [0.5, 0.6) is 0 Å². The van der Waals surface area contributed by atoms with Crippen LogP contribution < -0.4 is 15.1 Å². The largest absolute Gasteiger partial charge is 0.378 e. The van der Waals surface area contributed by atoms with Crippen molar-refractivity contribution in [1.29, 1.82) is 0 Å². The van der Waals surface area contributed by atoms with Crippen LogP contribution in [0.15, 0.2) is 46.2 Å². The van der Waals surface area contributed by atoms with Crippen molar-refractivity contribution in [3.05, 3.63) is 36.4 Å². The van der Waals surface area contributed by atoms with Crippen LogP contribution in [0.1, 0.15) is 26.7 Å². The summed E-state index contributed by atoms with van der Waals surface area (Å²) in [6.45, 7) is 10.3. The molecule has 27 heavy (non-hydrogen) atoms. The van der Waals surface area contributed by atoms with Crippen molar-refractivity contribution >= 4 is 34.5 Å². The van der Waals surface area contributed by atoms with E-state index in [0.29, 0.717) is 0 Å². The fourth-order valence-corrected chi connectivity index (χ4v) is 4.84. The summed E-state index contributed by atoms with van der Waals surface area (Å²) in [7, 11) is 0. The quantitative estimate of drug-likeness (QED) is 0.619. The molecule has 1 N–H and O–H groups in total. The number of morpholine rings is 1. The third-order valence-corrected chi connectivity index (χ3v) is 6.26. The van der Waals surface area contributed by atoms with Gasteiger partial charge in [-0.1, -0.05) is 25.6 Å². The van der Waals surface area contributed by atoms with Gasteiger partial charge in [0, 0.05) is 47.3 Å². The monoisotopic (exact) mass is 383 g/mol. The highest BCUT2D eigenvalue weighted by molar-refractivity contribution is 7.99. The van der Waals surface area contributed by atoms with Gasteiger partial charge in [-0.2, -0.15) is 0 Å². The summed E-state index contributed by atoms with van der Waals surface area (Å²) in [6, 6.07) is 13.6. The number of anilines is 4. The lowest BCUT2D eigenvalue weighted by Gasteiger charge is -2.31. The first-order valence-electron chi connectivity index (χ1n) is 10.1. The van der Waals surface area contributed by atoms with Crippen molar-refractivity contribution in [3.8, 4) is 0 Å². The summed E-state index contributed by atoms with van der Waals surface area (Å²) < 4.78 is 5.49. The number of benzene rings is 2. The maximum Gasteiger partial charge on any atom is 0.0642 e. The summed E-state index contributed by atoms with van der Waals surface area (Å²) in [6.07, 6.45) is 2.35. The average Bonchev–Trinajstić information content (AvgIpc) is 2.72. The standard InChI is InChI=1S/C22H29N3OS/c1-3-9-24(10-4-2)17-5-7-19-21(15-17)27-22-16-18(6-8-20(22)23-19)25-11-13-26-14-12-25/h5-8,15-16,23H,3-4,9-14H2,1-2H3. The van der Waals surface area contributed by atoms with E-state index in [1.165, 1.54) is 45.4 Å². The zero-order valence-corrected chi connectivity index (χ0v) is 17.1. The molecule has 0 saturated carbocycles. The normalized spacial score (nSPS) is 15.7. The lowest BCUT2D eigenvalue weighted by molar-refractivity contribution is 0.122. The number of nitrogens with zero attached hydrogens (tertiary/aromatic N) is 2. The molecule has 0 radical (unpaired) electrons. The van der Waals surface area contributed by atoms with E-state index in [0.717, 1.165) is 39.4 Å². The molecule has 2 aliphatic heterocycles. The maximum atomic E-state index is 5.49. The van der Waals surface area contributed by atoms with Gasteiger partial charge in [0.15, 0.2) is 0 Å². The van der Waals surface area contributed by atoms with Gasteiger partial charge in [-0.3, -0.25) is 0 Å². The molecule has 0 amide bonds. The number of ether oxygens (including phenoxy) is 1. The molecular weight excluding hydrogens is 354 g/mol. The summed E-state index contributed by atoms with van der Waals surface area (Å²) in [5.74, 6) is 0. The molecule has 0 aliphatic carbocycles. The molecular formula is C22H29N3OS. The van der Waals surface area contributed by atoms with E-state index in [1.807, 2.05) is 11.8 Å². The van der Waals surface area contributed by atoms with Crippen molar-refractivity contribution in [2.24, 2.45) is 0 Å². The molecule has 5 heteroatoms. The molecule has 1 fully saturated rings. The molecule has 0 unspecified atom stereocenters. The molecule has 2 aromatic rings. The van der Waals surface area contributed by atoms with Crippen LogP contribution >= 0.6 is 11.8 Å². The SMILES string of the molecule is CCCN(CCC)c1ccc2c(c1)Sc1cc(N3CCOCC3)ccc1N2. The second-order valence-corrected chi connectivity index (χ2v) is 8.26. The Morgan fingerprint density at radius 3 is 2.33 bits per heavy atom. The Balaban J connectivity index is 1.58. The van der Waals surface area contributed by atoms with Gasteiger partial charge in [0.25, 0.3) is 0 Å². The highest BCUT2D eigenvalue weighted by atomic mass is 32.2. The zero-order chi connectivity index (χ0) is 18.6. The molecule has 0 spiro atoms. The Morgan fingerprint density at radius 1 is 0.963 bits per heavy atom. The lowest BCUT2D eigenvalue weighted by atomic mass is 10.2. The molecule has 144 valence electrons. The van der Waals surface area contributed by atoms with E-state index < -0.39 is 0 Å². The van der Waals surface area contributed by atoms with Crippen molar-refractivity contribution in [1.82, 2.24) is 0 Å². The number of rotatable bonds is 6. The number of hydrogen-bond donors (Lipinski definition) is 1. The highest BCUT2D eigenvalue weighted by Crippen LogP contribution is 2.46. The van der Waals surface area contributed by atoms with E-state index in [1.54, 1.807) is 0 Å². The van der Waals surface area contributed by atoms with Crippen LogP contribution in [0.4, 0.5) is 22.7 Å². The fourth-order valence-electron chi connectivity index (χ4n) is 3.79. The van der Waals surface area contributed by atoms with Crippen LogP contribution in [0, 0.1) is 0 Å². The van der Waals surface area contributed by atoms with Gasteiger partial charge in [0.1, 0.15) is 0 Å². The van der Waals surface area contributed by atoms with Gasteiger partial charge in [-0.05, 0) is 49.2 Å². The summed E-state index contributed by atoms with van der Waals surface area (Å²) >= 11 is 1.88. The van der Waals surface area contributed by atoms with Crippen LogP contribution in [0.2, 0.25) is 0 Å². The minimum atomic E-state index is 0.819. The van der Waals surface area contributed by atoms with E-state index in [4.69, 9.17) is 4.74 Å². The predicted octanol–water partition coefficient (Wildman–Crippen LogP) is 5.36. The Hall–Kier alpha value is -1.85. The molecule has 2 aliphatic rings. The smallest absolute Gasteiger partial charge is 0.0642 e. The lowest BCUT2D eigenvalue weighted by Crippen LogP contribution is -2.36. The summed E-state index contributed by atoms with van der Waals surface area (Å²) in [5, 5.41) is 3.62. The van der Waals surface area contributed by atoms with Gasteiger partial charge in [-0.25, -0.2) is 0 Å². The summed E-state index contributed by atoms with van der Waals surface area (Å²) in [5.41, 5.74) is 5.05. The first-order valence-corrected chi connectivity index (χ1v) is 10.9. The van der Waals surface area contributed by atoms with Gasteiger partial charge >= 0.3 is 0 Å². The molecule has 0 bridgehead atoms. The first kappa shape index (κ1) is 18.5. The molecule has 2 heterocycles. The Bertz CT molecular complexity index is 783. The number of nitrogens with one attached hydrogen (secondary N) is 1. The van der Waals surface area contributed by atoms with Crippen molar-refractivity contribution in [2.75, 3.05) is 54.5 Å². The van der Waals surface area contributed by atoms with Gasteiger partial charge < -0.3 is 19.9 Å². The number of hydrogen-bond acceptors (Lipinski definition) is 5. The van der Waals surface area contributed by atoms with E-state index in [-0.39, 0.29) is 0 Å². The first-order chi connectivity index (χ1) is 13.3. The van der Waals surface area contributed by atoms with E-state index >= 15 is 0 Å². The second-order valence-electron chi connectivity index (χ2n) is 7.17. The van der Waals surface area contributed by atoms with Crippen LogP contribution in [-0.2, 0) is 4.74 Å². The van der Waals surface area contributed by atoms with E-state index in [9.17, 15) is 0 Å². The van der Waals surface area contributed by atoms with E-state index in [2.05, 4.69) is 65.4 Å². The second kappa shape index (κ2) is 8.44. The number of fused-ring (bicyclic) bond motifs is 2. The average molecular weight is 384 g/mol.